The fraction of sp³-hybridized carbons (Fsp3) is 0.364. The molecule has 2 N–H and O–H groups in total. The number of carbonyl (C=O) groups excluding carboxylic acids is 2. The topological polar surface area (TPSA) is 76.7 Å². The van der Waals surface area contributed by atoms with Crippen LogP contribution < -0.4 is 20.1 Å². The fourth-order valence-corrected chi connectivity index (χ4v) is 2.78. The first kappa shape index (κ1) is 22.6. The van der Waals surface area contributed by atoms with Gasteiger partial charge in [0.25, 0.3) is 5.91 Å². The van der Waals surface area contributed by atoms with Crippen LogP contribution in [0, 0.1) is 5.92 Å². The SMILES string of the molecule is CCC(=O)Nc1cccc(NC(=O)c2cc(Cl)c(OCCC(C)C)c(OC)c2)c1. The molecule has 2 aromatic rings. The lowest BCUT2D eigenvalue weighted by Crippen LogP contribution is -2.14. The monoisotopic (exact) mass is 418 g/mol. The summed E-state index contributed by atoms with van der Waals surface area (Å²) >= 11 is 6.34. The highest BCUT2D eigenvalue weighted by Crippen LogP contribution is 2.37. The van der Waals surface area contributed by atoms with Gasteiger partial charge in [-0.15, -0.1) is 0 Å². The molecular formula is C22H27ClN2O4. The second-order valence-corrected chi connectivity index (χ2v) is 7.36. The van der Waals surface area contributed by atoms with E-state index in [0.717, 1.165) is 6.42 Å². The predicted molar refractivity (Wildman–Crippen MR) is 116 cm³/mol. The van der Waals surface area contributed by atoms with Crippen LogP contribution in [-0.4, -0.2) is 25.5 Å². The summed E-state index contributed by atoms with van der Waals surface area (Å²) in [5, 5.41) is 5.87. The molecule has 0 saturated carbocycles. The average Bonchev–Trinajstić information content (AvgIpc) is 2.68. The van der Waals surface area contributed by atoms with Crippen LogP contribution in [-0.2, 0) is 4.79 Å². The molecule has 0 radical (unpaired) electrons. The number of amides is 2. The maximum atomic E-state index is 12.7. The first-order chi connectivity index (χ1) is 13.8. The van der Waals surface area contributed by atoms with Crippen LogP contribution in [0.25, 0.3) is 0 Å². The van der Waals surface area contributed by atoms with E-state index in [4.69, 9.17) is 21.1 Å². The van der Waals surface area contributed by atoms with Gasteiger partial charge in [-0.1, -0.05) is 38.4 Å². The van der Waals surface area contributed by atoms with Gasteiger partial charge in [0, 0.05) is 23.4 Å². The number of carbonyl (C=O) groups is 2. The number of hydrogen-bond donors (Lipinski definition) is 2. The summed E-state index contributed by atoms with van der Waals surface area (Å²) < 4.78 is 11.1. The van der Waals surface area contributed by atoms with Crippen molar-refractivity contribution in [2.24, 2.45) is 5.92 Å². The molecule has 0 atom stereocenters. The Labute approximate surface area is 176 Å². The van der Waals surface area contributed by atoms with Crippen molar-refractivity contribution in [3.63, 3.8) is 0 Å². The van der Waals surface area contributed by atoms with Gasteiger partial charge in [0.1, 0.15) is 0 Å². The Bertz CT molecular complexity index is 868. The summed E-state index contributed by atoms with van der Waals surface area (Å²) in [5.41, 5.74) is 1.50. The maximum absolute atomic E-state index is 12.7. The molecule has 0 aliphatic heterocycles. The minimum Gasteiger partial charge on any atom is -0.493 e. The Morgan fingerprint density at radius 3 is 2.41 bits per heavy atom. The largest absolute Gasteiger partial charge is 0.493 e. The minimum atomic E-state index is -0.349. The zero-order valence-corrected chi connectivity index (χ0v) is 17.9. The normalized spacial score (nSPS) is 10.6. The highest BCUT2D eigenvalue weighted by Gasteiger charge is 2.16. The van der Waals surface area contributed by atoms with Crippen molar-refractivity contribution in [1.82, 2.24) is 0 Å². The third-order valence-electron chi connectivity index (χ3n) is 4.16. The number of benzene rings is 2. The van der Waals surface area contributed by atoms with Crippen molar-refractivity contribution < 1.29 is 19.1 Å². The van der Waals surface area contributed by atoms with E-state index in [0.29, 0.717) is 52.4 Å². The Hall–Kier alpha value is -2.73. The summed E-state index contributed by atoms with van der Waals surface area (Å²) in [4.78, 5) is 24.2. The number of anilines is 2. The molecule has 6 nitrogen and oxygen atoms in total. The van der Waals surface area contributed by atoms with Gasteiger partial charge in [-0.25, -0.2) is 0 Å². The summed E-state index contributed by atoms with van der Waals surface area (Å²) in [6.07, 6.45) is 1.26. The van der Waals surface area contributed by atoms with Crippen molar-refractivity contribution in [3.8, 4) is 11.5 Å². The number of ether oxygens (including phenoxy) is 2. The zero-order chi connectivity index (χ0) is 21.4. The average molecular weight is 419 g/mol. The number of rotatable bonds is 9. The van der Waals surface area contributed by atoms with E-state index in [1.54, 1.807) is 43.3 Å². The molecule has 2 amide bonds. The lowest BCUT2D eigenvalue weighted by atomic mass is 10.1. The maximum Gasteiger partial charge on any atom is 0.255 e. The summed E-state index contributed by atoms with van der Waals surface area (Å²) in [6, 6.07) is 10.1. The molecule has 0 saturated heterocycles. The Morgan fingerprint density at radius 1 is 1.10 bits per heavy atom. The molecular weight excluding hydrogens is 392 g/mol. The van der Waals surface area contributed by atoms with E-state index in [1.807, 2.05) is 0 Å². The molecule has 0 aliphatic carbocycles. The molecule has 0 fully saturated rings. The summed E-state index contributed by atoms with van der Waals surface area (Å²) in [5.74, 6) is 0.879. The lowest BCUT2D eigenvalue weighted by molar-refractivity contribution is -0.115. The molecule has 0 bridgehead atoms. The molecule has 0 aliphatic rings. The van der Waals surface area contributed by atoms with E-state index < -0.39 is 0 Å². The van der Waals surface area contributed by atoms with Gasteiger partial charge in [-0.3, -0.25) is 9.59 Å². The Balaban J connectivity index is 2.15. The van der Waals surface area contributed by atoms with Crippen LogP contribution >= 0.6 is 11.6 Å². The first-order valence-corrected chi connectivity index (χ1v) is 9.93. The summed E-state index contributed by atoms with van der Waals surface area (Å²) in [7, 11) is 1.50. The number of nitrogens with one attached hydrogen (secondary N) is 2. The Morgan fingerprint density at radius 2 is 1.79 bits per heavy atom. The van der Waals surface area contributed by atoms with Gasteiger partial charge in [-0.2, -0.15) is 0 Å². The predicted octanol–water partition coefficient (Wildman–Crippen LogP) is 5.37. The van der Waals surface area contributed by atoms with Crippen LogP contribution in [0.2, 0.25) is 5.02 Å². The quantitative estimate of drug-likeness (QED) is 0.573. The third kappa shape index (κ3) is 6.68. The van der Waals surface area contributed by atoms with Gasteiger partial charge in [0.2, 0.25) is 5.91 Å². The number of methoxy groups -OCH3 is 1. The lowest BCUT2D eigenvalue weighted by Gasteiger charge is -2.15. The molecule has 2 aromatic carbocycles. The minimum absolute atomic E-state index is 0.0990. The highest BCUT2D eigenvalue weighted by molar-refractivity contribution is 6.32. The van der Waals surface area contributed by atoms with Crippen LogP contribution in [0.5, 0.6) is 11.5 Å². The highest BCUT2D eigenvalue weighted by atomic mass is 35.5. The van der Waals surface area contributed by atoms with Crippen LogP contribution in [0.4, 0.5) is 11.4 Å². The van der Waals surface area contributed by atoms with E-state index in [-0.39, 0.29) is 11.8 Å². The second-order valence-electron chi connectivity index (χ2n) is 6.96. The van der Waals surface area contributed by atoms with E-state index in [1.165, 1.54) is 7.11 Å². The summed E-state index contributed by atoms with van der Waals surface area (Å²) in [6.45, 7) is 6.50. The fourth-order valence-electron chi connectivity index (χ4n) is 2.52. The number of hydrogen-bond acceptors (Lipinski definition) is 4. The van der Waals surface area contributed by atoms with Crippen LogP contribution in [0.3, 0.4) is 0 Å². The van der Waals surface area contributed by atoms with Crippen molar-refractivity contribution in [2.45, 2.75) is 33.6 Å². The van der Waals surface area contributed by atoms with Gasteiger partial charge >= 0.3 is 0 Å². The van der Waals surface area contributed by atoms with E-state index in [2.05, 4.69) is 24.5 Å². The molecule has 0 aromatic heterocycles. The van der Waals surface area contributed by atoms with Crippen LogP contribution in [0.15, 0.2) is 36.4 Å². The molecule has 156 valence electrons. The van der Waals surface area contributed by atoms with Crippen molar-refractivity contribution in [2.75, 3.05) is 24.4 Å². The zero-order valence-electron chi connectivity index (χ0n) is 17.2. The van der Waals surface area contributed by atoms with Gasteiger partial charge in [0.15, 0.2) is 11.5 Å². The van der Waals surface area contributed by atoms with Gasteiger partial charge in [-0.05, 0) is 42.7 Å². The molecule has 7 heteroatoms. The van der Waals surface area contributed by atoms with Gasteiger partial charge in [0.05, 0.1) is 18.7 Å². The smallest absolute Gasteiger partial charge is 0.255 e. The van der Waals surface area contributed by atoms with Gasteiger partial charge < -0.3 is 20.1 Å². The molecule has 0 unspecified atom stereocenters. The van der Waals surface area contributed by atoms with Crippen LogP contribution in [0.1, 0.15) is 44.0 Å². The van der Waals surface area contributed by atoms with E-state index >= 15 is 0 Å². The standard InChI is InChI=1S/C22H27ClN2O4/c1-5-20(26)24-16-7-6-8-17(13-16)25-22(27)15-11-18(23)21(19(12-15)28-4)29-10-9-14(2)3/h6-8,11-14H,5,9-10H2,1-4H3,(H,24,26)(H,25,27). The molecule has 2 rings (SSSR count). The molecule has 0 heterocycles. The number of halogens is 1. The van der Waals surface area contributed by atoms with Crippen molar-refractivity contribution in [1.29, 1.82) is 0 Å². The third-order valence-corrected chi connectivity index (χ3v) is 4.44. The van der Waals surface area contributed by atoms with Crippen molar-refractivity contribution in [3.05, 3.63) is 47.0 Å². The molecule has 0 spiro atoms. The van der Waals surface area contributed by atoms with Crippen molar-refractivity contribution >= 4 is 34.8 Å². The second kappa shape index (κ2) is 10.7. The first-order valence-electron chi connectivity index (χ1n) is 9.55. The Kier molecular flexibility index (Phi) is 8.34. The van der Waals surface area contributed by atoms with E-state index in [9.17, 15) is 9.59 Å². The molecule has 29 heavy (non-hydrogen) atoms.